The largest absolute Gasteiger partial charge is 0.374 e. The van der Waals surface area contributed by atoms with E-state index in [-0.39, 0.29) is 6.10 Å². The van der Waals surface area contributed by atoms with Gasteiger partial charge in [-0.15, -0.1) is 0 Å². The monoisotopic (exact) mass is 294 g/mol. The van der Waals surface area contributed by atoms with E-state index in [1.54, 1.807) is 0 Å². The van der Waals surface area contributed by atoms with Gasteiger partial charge in [0.2, 0.25) is 0 Å². The molecule has 2 aromatic carbocycles. The zero-order chi connectivity index (χ0) is 15.4. The van der Waals surface area contributed by atoms with Gasteiger partial charge in [-0.05, 0) is 36.1 Å². The predicted molar refractivity (Wildman–Crippen MR) is 89.9 cm³/mol. The maximum Gasteiger partial charge on any atom is 0.105 e. The summed E-state index contributed by atoms with van der Waals surface area (Å²) in [6.07, 6.45) is 0.0570. The van der Waals surface area contributed by atoms with Crippen LogP contribution in [0.1, 0.15) is 23.6 Å². The minimum absolute atomic E-state index is 0.0570. The summed E-state index contributed by atoms with van der Waals surface area (Å²) in [6, 6.07) is 19.2. The maximum absolute atomic E-state index is 5.88. The van der Waals surface area contributed by atoms with Gasteiger partial charge in [0, 0.05) is 6.61 Å². The van der Waals surface area contributed by atoms with Crippen LogP contribution in [0.25, 0.3) is 5.57 Å². The van der Waals surface area contributed by atoms with Crippen LogP contribution < -0.4 is 0 Å². The van der Waals surface area contributed by atoms with Crippen LogP contribution in [0.4, 0.5) is 0 Å². The molecule has 0 radical (unpaired) electrons. The standard InChI is InChI=1S/C20H22O2/c1-3-22-19-14-21-13-18(19)20(16-7-5-4-6-8-16)17-11-9-15(2)10-12-17/h4-12,19H,3,13-14H2,1-2H3/b20-18+. The summed E-state index contributed by atoms with van der Waals surface area (Å²) in [4.78, 5) is 0. The van der Waals surface area contributed by atoms with Gasteiger partial charge in [-0.25, -0.2) is 0 Å². The van der Waals surface area contributed by atoms with Crippen LogP contribution in [-0.4, -0.2) is 25.9 Å². The number of rotatable bonds is 4. The number of benzene rings is 2. The molecule has 0 N–H and O–H groups in total. The van der Waals surface area contributed by atoms with Crippen molar-refractivity contribution in [3.05, 3.63) is 76.9 Å². The molecule has 0 aromatic heterocycles. The lowest BCUT2D eigenvalue weighted by atomic mass is 9.91. The fraction of sp³-hybridized carbons (Fsp3) is 0.300. The molecule has 1 fully saturated rings. The Labute approximate surface area is 132 Å². The molecule has 1 aliphatic rings. The van der Waals surface area contributed by atoms with Gasteiger partial charge in [0.05, 0.1) is 13.2 Å². The molecule has 0 aliphatic carbocycles. The van der Waals surface area contributed by atoms with Gasteiger partial charge in [-0.1, -0.05) is 60.2 Å². The topological polar surface area (TPSA) is 18.5 Å². The molecule has 114 valence electrons. The maximum atomic E-state index is 5.88. The highest BCUT2D eigenvalue weighted by Crippen LogP contribution is 2.32. The van der Waals surface area contributed by atoms with Crippen LogP contribution in [0.3, 0.4) is 0 Å². The molecule has 1 heterocycles. The Morgan fingerprint density at radius 2 is 1.73 bits per heavy atom. The van der Waals surface area contributed by atoms with Crippen molar-refractivity contribution in [1.29, 1.82) is 0 Å². The molecule has 1 aliphatic heterocycles. The van der Waals surface area contributed by atoms with Crippen molar-refractivity contribution in [2.75, 3.05) is 19.8 Å². The van der Waals surface area contributed by atoms with E-state index in [0.717, 1.165) is 0 Å². The summed E-state index contributed by atoms with van der Waals surface area (Å²) >= 11 is 0. The smallest absolute Gasteiger partial charge is 0.105 e. The number of aryl methyl sites for hydroxylation is 1. The Hall–Kier alpha value is -1.90. The lowest BCUT2D eigenvalue weighted by Gasteiger charge is -2.17. The van der Waals surface area contributed by atoms with Gasteiger partial charge >= 0.3 is 0 Å². The summed E-state index contributed by atoms with van der Waals surface area (Å²) in [6.45, 7) is 6.13. The summed E-state index contributed by atoms with van der Waals surface area (Å²) in [5, 5.41) is 0. The first kappa shape index (κ1) is 15.0. The minimum atomic E-state index is 0.0570. The average Bonchev–Trinajstić information content (AvgIpc) is 2.99. The molecular formula is C20H22O2. The third kappa shape index (κ3) is 3.13. The van der Waals surface area contributed by atoms with Gasteiger partial charge in [0.1, 0.15) is 6.10 Å². The molecule has 0 amide bonds. The van der Waals surface area contributed by atoms with E-state index in [1.165, 1.54) is 27.8 Å². The van der Waals surface area contributed by atoms with Crippen LogP contribution in [0, 0.1) is 6.92 Å². The lowest BCUT2D eigenvalue weighted by molar-refractivity contribution is 0.0609. The molecule has 1 saturated heterocycles. The van der Waals surface area contributed by atoms with E-state index < -0.39 is 0 Å². The first-order valence-corrected chi connectivity index (χ1v) is 7.84. The van der Waals surface area contributed by atoms with Crippen LogP contribution in [-0.2, 0) is 9.47 Å². The van der Waals surface area contributed by atoms with E-state index in [9.17, 15) is 0 Å². The van der Waals surface area contributed by atoms with Gasteiger partial charge in [-0.2, -0.15) is 0 Å². The minimum Gasteiger partial charge on any atom is -0.374 e. The van der Waals surface area contributed by atoms with Gasteiger partial charge in [-0.3, -0.25) is 0 Å². The van der Waals surface area contributed by atoms with Crippen molar-refractivity contribution in [1.82, 2.24) is 0 Å². The van der Waals surface area contributed by atoms with Gasteiger partial charge in [0.15, 0.2) is 0 Å². The molecule has 0 bridgehead atoms. The SMILES string of the molecule is CCOC1COC/C1=C(/c1ccccc1)c1ccc(C)cc1. The van der Waals surface area contributed by atoms with Crippen LogP contribution in [0.2, 0.25) is 0 Å². The van der Waals surface area contributed by atoms with Crippen LogP contribution >= 0.6 is 0 Å². The molecular weight excluding hydrogens is 272 g/mol. The number of hydrogen-bond acceptors (Lipinski definition) is 2. The summed E-state index contributed by atoms with van der Waals surface area (Å²) in [5.74, 6) is 0. The van der Waals surface area contributed by atoms with E-state index in [0.29, 0.717) is 19.8 Å². The second-order valence-corrected chi connectivity index (χ2v) is 5.59. The average molecular weight is 294 g/mol. The molecule has 3 rings (SSSR count). The van der Waals surface area contributed by atoms with Gasteiger partial charge in [0.25, 0.3) is 0 Å². The Morgan fingerprint density at radius 3 is 2.41 bits per heavy atom. The second kappa shape index (κ2) is 6.91. The Bertz CT molecular complexity index is 641. The fourth-order valence-corrected chi connectivity index (χ4v) is 2.92. The second-order valence-electron chi connectivity index (χ2n) is 5.59. The summed E-state index contributed by atoms with van der Waals surface area (Å²) in [5.41, 5.74) is 6.21. The number of hydrogen-bond donors (Lipinski definition) is 0. The highest BCUT2D eigenvalue weighted by atomic mass is 16.5. The summed E-state index contributed by atoms with van der Waals surface area (Å²) < 4.78 is 11.6. The van der Waals surface area contributed by atoms with Crippen molar-refractivity contribution in [2.45, 2.75) is 20.0 Å². The normalized spacial score (nSPS) is 20.2. The zero-order valence-electron chi connectivity index (χ0n) is 13.2. The molecule has 2 aromatic rings. The van der Waals surface area contributed by atoms with Gasteiger partial charge < -0.3 is 9.47 Å². The Kier molecular flexibility index (Phi) is 4.71. The number of ether oxygens (including phenoxy) is 2. The quantitative estimate of drug-likeness (QED) is 0.840. The first-order valence-electron chi connectivity index (χ1n) is 7.84. The first-order chi connectivity index (χ1) is 10.8. The van der Waals surface area contributed by atoms with E-state index in [4.69, 9.17) is 9.47 Å². The fourth-order valence-electron chi connectivity index (χ4n) is 2.92. The van der Waals surface area contributed by atoms with Crippen molar-refractivity contribution in [3.8, 4) is 0 Å². The van der Waals surface area contributed by atoms with Crippen LogP contribution in [0.15, 0.2) is 60.2 Å². The molecule has 1 atom stereocenters. The van der Waals surface area contributed by atoms with Crippen molar-refractivity contribution >= 4 is 5.57 Å². The van der Waals surface area contributed by atoms with E-state index in [1.807, 2.05) is 13.0 Å². The third-order valence-corrected chi connectivity index (χ3v) is 4.01. The molecule has 2 heteroatoms. The highest BCUT2D eigenvalue weighted by Gasteiger charge is 2.26. The molecule has 0 spiro atoms. The lowest BCUT2D eigenvalue weighted by Crippen LogP contribution is -2.16. The van der Waals surface area contributed by atoms with Crippen molar-refractivity contribution in [2.24, 2.45) is 0 Å². The molecule has 0 saturated carbocycles. The highest BCUT2D eigenvalue weighted by molar-refractivity contribution is 5.83. The van der Waals surface area contributed by atoms with E-state index in [2.05, 4.69) is 55.5 Å². The molecule has 1 unspecified atom stereocenters. The van der Waals surface area contributed by atoms with E-state index >= 15 is 0 Å². The molecule has 22 heavy (non-hydrogen) atoms. The summed E-state index contributed by atoms with van der Waals surface area (Å²) in [7, 11) is 0. The molecule has 2 nitrogen and oxygen atoms in total. The Morgan fingerprint density at radius 1 is 1.05 bits per heavy atom. The Balaban J connectivity index is 2.13. The predicted octanol–water partition coefficient (Wildman–Crippen LogP) is 4.23. The van der Waals surface area contributed by atoms with Crippen LogP contribution in [0.5, 0.6) is 0 Å². The third-order valence-electron chi connectivity index (χ3n) is 4.01. The van der Waals surface area contributed by atoms with Crippen molar-refractivity contribution < 1.29 is 9.47 Å². The zero-order valence-corrected chi connectivity index (χ0v) is 13.2. The van der Waals surface area contributed by atoms with Crippen molar-refractivity contribution in [3.63, 3.8) is 0 Å².